The number of carbonyl (C=O) groups excluding carboxylic acids is 2. The molecule has 0 atom stereocenters. The summed E-state index contributed by atoms with van der Waals surface area (Å²) in [7, 11) is 0. The zero-order valence-electron chi connectivity index (χ0n) is 18.1. The fourth-order valence-electron chi connectivity index (χ4n) is 3.04. The van der Waals surface area contributed by atoms with Crippen LogP contribution in [0.3, 0.4) is 0 Å². The van der Waals surface area contributed by atoms with Crippen LogP contribution in [0.25, 0.3) is 0 Å². The molecule has 0 aromatic carbocycles. The molecule has 31 heavy (non-hydrogen) atoms. The van der Waals surface area contributed by atoms with Gasteiger partial charge >= 0.3 is 5.69 Å². The van der Waals surface area contributed by atoms with Gasteiger partial charge in [-0.1, -0.05) is 27.2 Å². The highest BCUT2D eigenvalue weighted by molar-refractivity contribution is 7.14. The van der Waals surface area contributed by atoms with Gasteiger partial charge in [0.15, 0.2) is 0 Å². The highest BCUT2D eigenvalue weighted by atomic mass is 32.1. The molecule has 11 heteroatoms. The Balaban J connectivity index is 2.37. The van der Waals surface area contributed by atoms with Gasteiger partial charge in [0.05, 0.1) is 12.1 Å². The lowest BCUT2D eigenvalue weighted by Gasteiger charge is -2.26. The number of amides is 2. The second-order valence-corrected chi connectivity index (χ2v) is 8.59. The van der Waals surface area contributed by atoms with E-state index in [0.717, 1.165) is 12.8 Å². The molecule has 6 N–H and O–H groups in total. The third-order valence-corrected chi connectivity index (χ3v) is 5.59. The molecule has 0 radical (unpaired) electrons. The first-order valence-corrected chi connectivity index (χ1v) is 11.1. The van der Waals surface area contributed by atoms with Crippen LogP contribution in [-0.2, 0) is 11.3 Å². The van der Waals surface area contributed by atoms with Crippen LogP contribution in [0.15, 0.2) is 21.0 Å². The number of nitrogen functional groups attached to an aromatic ring is 1. The molecule has 0 saturated carbocycles. The van der Waals surface area contributed by atoms with Crippen molar-refractivity contribution in [3.8, 4) is 0 Å². The first-order valence-electron chi connectivity index (χ1n) is 10.2. The van der Waals surface area contributed by atoms with Crippen LogP contribution in [-0.4, -0.2) is 34.5 Å². The van der Waals surface area contributed by atoms with E-state index in [1.165, 1.54) is 22.0 Å². The molecule has 2 rings (SSSR count). The summed E-state index contributed by atoms with van der Waals surface area (Å²) in [5, 5.41) is 4.67. The molecule has 0 spiro atoms. The Kier molecular flexibility index (Phi) is 8.43. The summed E-state index contributed by atoms with van der Waals surface area (Å²) in [4.78, 5) is 53.0. The van der Waals surface area contributed by atoms with Crippen molar-refractivity contribution in [3.05, 3.63) is 37.8 Å². The second kappa shape index (κ2) is 10.8. The molecule has 2 aromatic rings. The molecule has 0 aliphatic carbocycles. The van der Waals surface area contributed by atoms with Crippen LogP contribution in [0.4, 0.5) is 16.5 Å². The molecule has 0 aliphatic heterocycles. The molecule has 0 bridgehead atoms. The van der Waals surface area contributed by atoms with E-state index in [9.17, 15) is 19.2 Å². The standard InChI is InChI=1S/C20H30N6O4S/c1-4-5-8-26-16(21)15(18(29)24-20(26)30)25(9-6-12(2)3)11-14(27)23-19-13(17(22)28)7-10-31-19/h7,10,12H,4-6,8-9,11,21H2,1-3H3,(H2,22,28)(H,23,27)(H,24,29,30). The van der Waals surface area contributed by atoms with Gasteiger partial charge in [-0.05, 0) is 30.2 Å². The van der Waals surface area contributed by atoms with Gasteiger partial charge < -0.3 is 21.7 Å². The van der Waals surface area contributed by atoms with Gasteiger partial charge in [0.25, 0.3) is 11.5 Å². The SMILES string of the molecule is CCCCn1c(N)c(N(CCC(C)C)CC(=O)Nc2sccc2C(N)=O)c(=O)[nH]c1=O. The van der Waals surface area contributed by atoms with Crippen molar-refractivity contribution in [2.75, 3.05) is 29.0 Å². The quantitative estimate of drug-likeness (QED) is 0.407. The fraction of sp³-hybridized carbons (Fsp3) is 0.500. The summed E-state index contributed by atoms with van der Waals surface area (Å²) in [5.41, 5.74) is 10.6. The van der Waals surface area contributed by atoms with E-state index in [1.807, 2.05) is 20.8 Å². The molecular weight excluding hydrogens is 420 g/mol. The molecule has 2 amide bonds. The van der Waals surface area contributed by atoms with Crippen LogP contribution < -0.4 is 32.9 Å². The topological polar surface area (TPSA) is 156 Å². The first-order chi connectivity index (χ1) is 14.6. The van der Waals surface area contributed by atoms with Crippen molar-refractivity contribution in [1.29, 1.82) is 0 Å². The van der Waals surface area contributed by atoms with Crippen molar-refractivity contribution in [2.24, 2.45) is 11.7 Å². The molecule has 2 aromatic heterocycles. The van der Waals surface area contributed by atoms with Crippen molar-refractivity contribution in [2.45, 2.75) is 46.6 Å². The number of nitrogens with zero attached hydrogens (tertiary/aromatic N) is 2. The highest BCUT2D eigenvalue weighted by Crippen LogP contribution is 2.23. The third-order valence-electron chi connectivity index (χ3n) is 4.76. The number of anilines is 3. The number of nitrogens with one attached hydrogen (secondary N) is 2. The van der Waals surface area contributed by atoms with E-state index < -0.39 is 23.1 Å². The van der Waals surface area contributed by atoms with Gasteiger partial charge in [0.1, 0.15) is 16.5 Å². The maximum Gasteiger partial charge on any atom is 0.330 e. The minimum Gasteiger partial charge on any atom is -0.383 e. The Morgan fingerprint density at radius 1 is 1.32 bits per heavy atom. The van der Waals surface area contributed by atoms with Gasteiger partial charge in [-0.3, -0.25) is 23.9 Å². The van der Waals surface area contributed by atoms with Crippen molar-refractivity contribution in [1.82, 2.24) is 9.55 Å². The summed E-state index contributed by atoms with van der Waals surface area (Å²) >= 11 is 1.18. The van der Waals surface area contributed by atoms with Crippen LogP contribution >= 0.6 is 11.3 Å². The maximum atomic E-state index is 12.7. The van der Waals surface area contributed by atoms with Gasteiger partial charge in [-0.15, -0.1) is 11.3 Å². The fourth-order valence-corrected chi connectivity index (χ4v) is 3.85. The molecule has 0 saturated heterocycles. The summed E-state index contributed by atoms with van der Waals surface area (Å²) in [6.45, 7) is 6.61. The Hall–Kier alpha value is -3.08. The van der Waals surface area contributed by atoms with Gasteiger partial charge in [0, 0.05) is 13.1 Å². The summed E-state index contributed by atoms with van der Waals surface area (Å²) in [6, 6.07) is 1.53. The zero-order valence-corrected chi connectivity index (χ0v) is 18.9. The smallest absolute Gasteiger partial charge is 0.330 e. The first kappa shape index (κ1) is 24.2. The number of aromatic amines is 1. The minimum atomic E-state index is -0.642. The largest absolute Gasteiger partial charge is 0.383 e. The van der Waals surface area contributed by atoms with Crippen LogP contribution in [0.5, 0.6) is 0 Å². The molecule has 10 nitrogen and oxygen atoms in total. The summed E-state index contributed by atoms with van der Waals surface area (Å²) in [5.74, 6) is -0.723. The van der Waals surface area contributed by atoms with E-state index >= 15 is 0 Å². The number of thiophene rings is 1. The van der Waals surface area contributed by atoms with Gasteiger partial charge in [-0.2, -0.15) is 0 Å². The lowest BCUT2D eigenvalue weighted by molar-refractivity contribution is -0.115. The average Bonchev–Trinajstić information content (AvgIpc) is 3.13. The molecular formula is C20H30N6O4S. The zero-order chi connectivity index (χ0) is 23.1. The number of nitrogens with two attached hydrogens (primary N) is 2. The number of rotatable bonds is 11. The number of H-pyrrole nitrogens is 1. The highest BCUT2D eigenvalue weighted by Gasteiger charge is 2.22. The second-order valence-electron chi connectivity index (χ2n) is 7.68. The van der Waals surface area contributed by atoms with Crippen LogP contribution in [0.1, 0.15) is 50.4 Å². The number of carbonyl (C=O) groups is 2. The van der Waals surface area contributed by atoms with E-state index in [-0.39, 0.29) is 23.6 Å². The Labute approximate surface area is 184 Å². The van der Waals surface area contributed by atoms with E-state index in [1.54, 1.807) is 10.3 Å². The monoisotopic (exact) mass is 450 g/mol. The van der Waals surface area contributed by atoms with Crippen molar-refractivity contribution in [3.63, 3.8) is 0 Å². The number of hydrogen-bond acceptors (Lipinski definition) is 7. The number of aromatic nitrogens is 2. The van der Waals surface area contributed by atoms with Gasteiger partial charge in [0.2, 0.25) is 5.91 Å². The van der Waals surface area contributed by atoms with E-state index in [0.29, 0.717) is 30.4 Å². The van der Waals surface area contributed by atoms with E-state index in [2.05, 4.69) is 10.3 Å². The summed E-state index contributed by atoms with van der Waals surface area (Å²) < 4.78 is 1.32. The average molecular weight is 451 g/mol. The normalized spacial score (nSPS) is 11.0. The molecule has 0 fully saturated rings. The predicted molar refractivity (Wildman–Crippen MR) is 124 cm³/mol. The molecule has 0 unspecified atom stereocenters. The molecule has 170 valence electrons. The van der Waals surface area contributed by atoms with Crippen molar-refractivity contribution < 1.29 is 9.59 Å². The van der Waals surface area contributed by atoms with Gasteiger partial charge in [-0.25, -0.2) is 4.79 Å². The predicted octanol–water partition coefficient (Wildman–Crippen LogP) is 1.57. The molecule has 0 aliphatic rings. The lowest BCUT2D eigenvalue weighted by atomic mass is 10.1. The number of primary amides is 1. The third kappa shape index (κ3) is 6.20. The van der Waals surface area contributed by atoms with Crippen LogP contribution in [0, 0.1) is 5.92 Å². The lowest BCUT2D eigenvalue weighted by Crippen LogP contribution is -2.42. The minimum absolute atomic E-state index is 0.0349. The number of unbranched alkanes of at least 4 members (excludes halogenated alkanes) is 1. The summed E-state index contributed by atoms with van der Waals surface area (Å²) in [6.07, 6.45) is 2.27. The maximum absolute atomic E-state index is 12.7. The number of hydrogen-bond donors (Lipinski definition) is 4. The van der Waals surface area contributed by atoms with Crippen LogP contribution in [0.2, 0.25) is 0 Å². The Morgan fingerprint density at radius 3 is 2.65 bits per heavy atom. The van der Waals surface area contributed by atoms with E-state index in [4.69, 9.17) is 11.5 Å². The Morgan fingerprint density at radius 2 is 2.03 bits per heavy atom. The molecule has 2 heterocycles. The van der Waals surface area contributed by atoms with Crippen molar-refractivity contribution >= 4 is 39.7 Å². The Bertz CT molecular complexity index is 1040.